The van der Waals surface area contributed by atoms with E-state index in [0.29, 0.717) is 32.3 Å². The van der Waals surface area contributed by atoms with E-state index in [1.54, 1.807) is 31.4 Å². The molecule has 0 saturated heterocycles. The predicted octanol–water partition coefficient (Wildman–Crippen LogP) is 5.87. The Balaban J connectivity index is 1.30. The van der Waals surface area contributed by atoms with Crippen LogP contribution in [0.4, 0.5) is 0 Å². The van der Waals surface area contributed by atoms with Gasteiger partial charge in [0.25, 0.3) is 5.56 Å². The fourth-order valence-electron chi connectivity index (χ4n) is 3.36. The van der Waals surface area contributed by atoms with E-state index in [9.17, 15) is 9.59 Å². The second-order valence-electron chi connectivity index (χ2n) is 7.22. The van der Waals surface area contributed by atoms with Gasteiger partial charge in [0.05, 0.1) is 23.8 Å². The molecule has 7 nitrogen and oxygen atoms in total. The number of hydrogen-bond donors (Lipinski definition) is 1. The maximum Gasteiger partial charge on any atom is 0.312 e. The highest BCUT2D eigenvalue weighted by Crippen LogP contribution is 2.31. The number of aromatic amines is 1. The van der Waals surface area contributed by atoms with Crippen molar-refractivity contribution in [3.8, 4) is 21.9 Å². The van der Waals surface area contributed by atoms with Crippen molar-refractivity contribution < 1.29 is 13.9 Å². The van der Waals surface area contributed by atoms with Gasteiger partial charge in [0, 0.05) is 26.9 Å². The van der Waals surface area contributed by atoms with Crippen LogP contribution in [0, 0.1) is 0 Å². The van der Waals surface area contributed by atoms with E-state index >= 15 is 0 Å². The molecule has 10 heteroatoms. The topological polar surface area (TPSA) is 98.1 Å². The van der Waals surface area contributed by atoms with Crippen molar-refractivity contribution >= 4 is 50.5 Å². The maximum absolute atomic E-state index is 12.7. The number of fused-ring (bicyclic) bond motifs is 1. The van der Waals surface area contributed by atoms with Gasteiger partial charge in [-0.1, -0.05) is 23.7 Å². The third-order valence-electron chi connectivity index (χ3n) is 4.89. The van der Waals surface area contributed by atoms with E-state index < -0.39 is 12.1 Å². The molecule has 5 rings (SSSR count). The van der Waals surface area contributed by atoms with Crippen LogP contribution in [0.3, 0.4) is 0 Å². The summed E-state index contributed by atoms with van der Waals surface area (Å²) >= 11 is 8.80. The number of halogens is 1. The molecule has 0 bridgehead atoms. The number of nitrogens with zero attached hydrogens (tertiary/aromatic N) is 2. The molecule has 0 saturated carbocycles. The van der Waals surface area contributed by atoms with Crippen molar-refractivity contribution in [1.29, 1.82) is 0 Å². The van der Waals surface area contributed by atoms with Crippen molar-refractivity contribution in [3.63, 3.8) is 0 Å². The number of H-pyrrole nitrogens is 1. The minimum Gasteiger partial charge on any atom is -0.464 e. The highest BCUT2D eigenvalue weighted by Gasteiger charge is 2.20. The van der Waals surface area contributed by atoms with E-state index in [1.165, 1.54) is 22.7 Å². The monoisotopic (exact) mass is 497 g/mol. The highest BCUT2D eigenvalue weighted by atomic mass is 35.5. The summed E-state index contributed by atoms with van der Waals surface area (Å²) in [6, 6.07) is 10.9. The van der Waals surface area contributed by atoms with Crippen LogP contribution >= 0.6 is 34.3 Å². The number of carbonyl (C=O) groups is 1. The largest absolute Gasteiger partial charge is 0.464 e. The lowest BCUT2D eigenvalue weighted by molar-refractivity contribution is -0.148. The first-order valence-electron chi connectivity index (χ1n) is 9.93. The molecule has 1 atom stereocenters. The summed E-state index contributed by atoms with van der Waals surface area (Å²) in [4.78, 5) is 37.5. The molecule has 1 unspecified atom stereocenters. The third-order valence-corrected chi connectivity index (χ3v) is 6.94. The van der Waals surface area contributed by atoms with Crippen molar-refractivity contribution in [3.05, 3.63) is 80.3 Å². The first-order valence-corrected chi connectivity index (χ1v) is 12.1. The lowest BCUT2D eigenvalue weighted by Gasteiger charge is -2.12. The van der Waals surface area contributed by atoms with Gasteiger partial charge in [-0.05, 0) is 31.2 Å². The second-order valence-corrected chi connectivity index (χ2v) is 9.37. The SMILES string of the molecule is CC(OC(=O)Cc1csc(-c2cccc(Cl)c2)n1)c1nc2scc(-c3ccco3)c2c(=O)[nH]1. The molecule has 166 valence electrons. The molecule has 0 aliphatic carbocycles. The van der Waals surface area contributed by atoms with Gasteiger partial charge in [0.2, 0.25) is 0 Å². The smallest absolute Gasteiger partial charge is 0.312 e. The zero-order valence-corrected chi connectivity index (χ0v) is 19.6. The second kappa shape index (κ2) is 8.93. The Hall–Kier alpha value is -3.27. The van der Waals surface area contributed by atoms with Crippen molar-refractivity contribution in [2.45, 2.75) is 19.4 Å². The number of nitrogens with one attached hydrogen (secondary N) is 1. The van der Waals surface area contributed by atoms with Gasteiger partial charge >= 0.3 is 5.97 Å². The number of thiazole rings is 1. The molecule has 0 fully saturated rings. The van der Waals surface area contributed by atoms with Crippen LogP contribution < -0.4 is 5.56 Å². The van der Waals surface area contributed by atoms with Gasteiger partial charge in [0.15, 0.2) is 11.9 Å². The van der Waals surface area contributed by atoms with Gasteiger partial charge in [-0.3, -0.25) is 9.59 Å². The molecule has 0 aliphatic rings. The van der Waals surface area contributed by atoms with Gasteiger partial charge in [-0.25, -0.2) is 9.97 Å². The van der Waals surface area contributed by atoms with Crippen molar-refractivity contribution in [1.82, 2.24) is 15.0 Å². The van der Waals surface area contributed by atoms with E-state index in [-0.39, 0.29) is 17.8 Å². The number of rotatable bonds is 6. The van der Waals surface area contributed by atoms with Gasteiger partial charge < -0.3 is 14.1 Å². The number of thiophene rings is 1. The zero-order valence-electron chi connectivity index (χ0n) is 17.2. The molecule has 33 heavy (non-hydrogen) atoms. The standard InChI is InChI=1S/C23H16ClN3O4S2/c1-12(20-26-21(29)19-16(11-33-23(19)27-20)17-6-3-7-30-17)31-18(28)9-15-10-32-22(25-15)13-4-2-5-14(24)8-13/h2-8,10-12H,9H2,1H3,(H,26,27,29). The first kappa shape index (κ1) is 21.6. The number of carbonyl (C=O) groups excluding carboxylic acids is 1. The fraction of sp³-hybridized carbons (Fsp3) is 0.130. The summed E-state index contributed by atoms with van der Waals surface area (Å²) in [5.41, 5.74) is 1.87. The molecule has 0 radical (unpaired) electrons. The Labute approximate surface area is 200 Å². The molecule has 4 aromatic heterocycles. The number of aromatic nitrogens is 3. The molecule has 1 N–H and O–H groups in total. The molecule has 4 heterocycles. The van der Waals surface area contributed by atoms with Crippen LogP contribution in [0.5, 0.6) is 0 Å². The van der Waals surface area contributed by atoms with E-state index in [2.05, 4.69) is 15.0 Å². The molecule has 0 amide bonds. The number of esters is 1. The van der Waals surface area contributed by atoms with Crippen molar-refractivity contribution in [2.75, 3.05) is 0 Å². The van der Waals surface area contributed by atoms with Crippen LogP contribution in [0.25, 0.3) is 32.1 Å². The van der Waals surface area contributed by atoms with Crippen LogP contribution in [0.2, 0.25) is 5.02 Å². The lowest BCUT2D eigenvalue weighted by atomic mass is 10.2. The Morgan fingerprint density at radius 1 is 1.21 bits per heavy atom. The fourth-order valence-corrected chi connectivity index (χ4v) is 5.30. The maximum atomic E-state index is 12.7. The Morgan fingerprint density at radius 3 is 2.88 bits per heavy atom. The normalized spacial score (nSPS) is 12.2. The molecule has 0 spiro atoms. The molecular formula is C23H16ClN3O4S2. The number of hydrogen-bond acceptors (Lipinski definition) is 8. The molecule has 5 aromatic rings. The highest BCUT2D eigenvalue weighted by molar-refractivity contribution is 7.17. The van der Waals surface area contributed by atoms with Crippen molar-refractivity contribution in [2.24, 2.45) is 0 Å². The van der Waals surface area contributed by atoms with Gasteiger partial charge in [-0.15, -0.1) is 22.7 Å². The van der Waals surface area contributed by atoms with E-state index in [1.807, 2.05) is 29.0 Å². The number of benzene rings is 1. The summed E-state index contributed by atoms with van der Waals surface area (Å²) in [6.07, 6.45) is 0.835. The van der Waals surface area contributed by atoms with Gasteiger partial charge in [0.1, 0.15) is 15.6 Å². The minimum atomic E-state index is -0.727. The Kier molecular flexibility index (Phi) is 5.84. The minimum absolute atomic E-state index is 0.00945. The molecule has 0 aliphatic heterocycles. The van der Waals surface area contributed by atoms with E-state index in [0.717, 1.165) is 10.6 Å². The predicted molar refractivity (Wildman–Crippen MR) is 129 cm³/mol. The zero-order chi connectivity index (χ0) is 22.9. The van der Waals surface area contributed by atoms with Crippen LogP contribution in [-0.4, -0.2) is 20.9 Å². The summed E-state index contributed by atoms with van der Waals surface area (Å²) in [5, 5.41) is 5.49. The van der Waals surface area contributed by atoms with Crippen LogP contribution in [0.1, 0.15) is 24.5 Å². The third kappa shape index (κ3) is 4.47. The summed E-state index contributed by atoms with van der Waals surface area (Å²) < 4.78 is 10.9. The van der Waals surface area contributed by atoms with Gasteiger partial charge in [-0.2, -0.15) is 0 Å². The average molecular weight is 498 g/mol. The summed E-state index contributed by atoms with van der Waals surface area (Å²) in [6.45, 7) is 1.67. The summed E-state index contributed by atoms with van der Waals surface area (Å²) in [5.74, 6) is 0.420. The Bertz CT molecular complexity index is 1500. The summed E-state index contributed by atoms with van der Waals surface area (Å²) in [7, 11) is 0. The average Bonchev–Trinajstić information content (AvgIpc) is 3.54. The first-order chi connectivity index (χ1) is 16.0. The Morgan fingerprint density at radius 2 is 2.09 bits per heavy atom. The van der Waals surface area contributed by atoms with Crippen LogP contribution in [0.15, 0.2) is 62.6 Å². The quantitative estimate of drug-likeness (QED) is 0.295. The lowest BCUT2D eigenvalue weighted by Crippen LogP contribution is -2.18. The molecular weight excluding hydrogens is 482 g/mol. The number of furan rings is 1. The molecule has 1 aromatic carbocycles. The van der Waals surface area contributed by atoms with Crippen LogP contribution in [-0.2, 0) is 16.0 Å². The van der Waals surface area contributed by atoms with E-state index in [4.69, 9.17) is 20.8 Å². The number of ether oxygens (including phenoxy) is 1.